The summed E-state index contributed by atoms with van der Waals surface area (Å²) < 4.78 is 43.7. The second kappa shape index (κ2) is 6.41. The molecule has 0 aliphatic rings. The summed E-state index contributed by atoms with van der Waals surface area (Å²) in [5, 5.41) is 0. The maximum atomic E-state index is 12.8. The first-order valence-corrected chi connectivity index (χ1v) is 7.13. The van der Waals surface area contributed by atoms with Crippen molar-refractivity contribution in [3.05, 3.63) is 40.2 Å². The standard InChI is InChI=1S/C13H15F3N2OS/c1-2-5-18(7-10-4-3-6-19-10)8-11-12(13(14,15)16)17-9-20-11/h3-4,6,9H,2,5,7-8H2,1H3. The van der Waals surface area contributed by atoms with Gasteiger partial charge in [0.1, 0.15) is 5.76 Å². The maximum Gasteiger partial charge on any atom is 0.434 e. The van der Waals surface area contributed by atoms with Crippen molar-refractivity contribution in [2.45, 2.75) is 32.6 Å². The molecule has 0 spiro atoms. The predicted molar refractivity (Wildman–Crippen MR) is 70.2 cm³/mol. The van der Waals surface area contributed by atoms with Crippen LogP contribution in [0.4, 0.5) is 13.2 Å². The Hall–Kier alpha value is -1.34. The van der Waals surface area contributed by atoms with Crippen molar-refractivity contribution in [2.75, 3.05) is 6.54 Å². The zero-order valence-electron chi connectivity index (χ0n) is 11.0. The molecule has 0 aromatic carbocycles. The quantitative estimate of drug-likeness (QED) is 0.802. The van der Waals surface area contributed by atoms with Crippen LogP contribution in [0.5, 0.6) is 0 Å². The predicted octanol–water partition coefficient (Wildman–Crippen LogP) is 4.17. The van der Waals surface area contributed by atoms with Gasteiger partial charge >= 0.3 is 6.18 Å². The number of hydrogen-bond donors (Lipinski definition) is 0. The number of thiazole rings is 1. The lowest BCUT2D eigenvalue weighted by molar-refractivity contribution is -0.141. The molecular formula is C13H15F3N2OS. The molecule has 20 heavy (non-hydrogen) atoms. The van der Waals surface area contributed by atoms with Gasteiger partial charge in [-0.15, -0.1) is 11.3 Å². The summed E-state index contributed by atoms with van der Waals surface area (Å²) in [6.45, 7) is 3.42. The van der Waals surface area contributed by atoms with Gasteiger partial charge in [0, 0.05) is 6.54 Å². The van der Waals surface area contributed by atoms with Gasteiger partial charge in [-0.05, 0) is 25.1 Å². The second-order valence-electron chi connectivity index (χ2n) is 4.41. The Labute approximate surface area is 119 Å². The zero-order chi connectivity index (χ0) is 14.6. The summed E-state index contributed by atoms with van der Waals surface area (Å²) in [6.07, 6.45) is -1.97. The van der Waals surface area contributed by atoms with Crippen LogP contribution in [0.25, 0.3) is 0 Å². The Morgan fingerprint density at radius 3 is 2.75 bits per heavy atom. The molecule has 2 aromatic rings. The summed E-state index contributed by atoms with van der Waals surface area (Å²) >= 11 is 1.04. The SMILES string of the molecule is CCCN(Cc1ccco1)Cc1scnc1C(F)(F)F. The van der Waals surface area contributed by atoms with E-state index in [4.69, 9.17) is 4.42 Å². The van der Waals surface area contributed by atoms with Gasteiger partial charge in [-0.1, -0.05) is 6.92 Å². The average Bonchev–Trinajstić information content (AvgIpc) is 2.99. The van der Waals surface area contributed by atoms with Crippen molar-refractivity contribution < 1.29 is 17.6 Å². The van der Waals surface area contributed by atoms with Crippen LogP contribution in [-0.4, -0.2) is 16.4 Å². The van der Waals surface area contributed by atoms with Crippen LogP contribution in [0.1, 0.15) is 29.7 Å². The van der Waals surface area contributed by atoms with Crippen molar-refractivity contribution in [2.24, 2.45) is 0 Å². The van der Waals surface area contributed by atoms with Gasteiger partial charge in [0.05, 0.1) is 23.2 Å². The first kappa shape index (κ1) is 15.1. The highest BCUT2D eigenvalue weighted by atomic mass is 32.1. The summed E-state index contributed by atoms with van der Waals surface area (Å²) in [5.41, 5.74) is 0.470. The largest absolute Gasteiger partial charge is 0.468 e. The van der Waals surface area contributed by atoms with Crippen LogP contribution in [0.3, 0.4) is 0 Å². The lowest BCUT2D eigenvalue weighted by Crippen LogP contribution is -2.24. The van der Waals surface area contributed by atoms with Gasteiger partial charge in [0.25, 0.3) is 0 Å². The first-order valence-electron chi connectivity index (χ1n) is 6.25. The minimum absolute atomic E-state index is 0.230. The van der Waals surface area contributed by atoms with E-state index in [9.17, 15) is 13.2 Å². The Morgan fingerprint density at radius 1 is 1.35 bits per heavy atom. The van der Waals surface area contributed by atoms with E-state index in [0.717, 1.165) is 23.5 Å². The molecule has 0 N–H and O–H groups in total. The lowest BCUT2D eigenvalue weighted by Gasteiger charge is -2.20. The van der Waals surface area contributed by atoms with Crippen molar-refractivity contribution in [3.63, 3.8) is 0 Å². The monoisotopic (exact) mass is 304 g/mol. The Morgan fingerprint density at radius 2 is 2.15 bits per heavy atom. The van der Waals surface area contributed by atoms with E-state index < -0.39 is 11.9 Å². The number of hydrogen-bond acceptors (Lipinski definition) is 4. The molecule has 0 radical (unpaired) electrons. The van der Waals surface area contributed by atoms with Gasteiger partial charge in [-0.2, -0.15) is 13.2 Å². The fourth-order valence-corrected chi connectivity index (χ4v) is 2.79. The Kier molecular flexibility index (Phi) is 4.82. The maximum absolute atomic E-state index is 12.8. The van der Waals surface area contributed by atoms with Gasteiger partial charge < -0.3 is 4.42 Å². The zero-order valence-corrected chi connectivity index (χ0v) is 11.8. The molecule has 0 saturated heterocycles. The molecule has 2 heterocycles. The van der Waals surface area contributed by atoms with Gasteiger partial charge in [0.15, 0.2) is 5.69 Å². The first-order chi connectivity index (χ1) is 9.50. The van der Waals surface area contributed by atoms with E-state index in [1.807, 2.05) is 17.9 Å². The second-order valence-corrected chi connectivity index (χ2v) is 5.35. The lowest BCUT2D eigenvalue weighted by atomic mass is 10.3. The molecule has 0 unspecified atom stereocenters. The van der Waals surface area contributed by atoms with Gasteiger partial charge in [-0.25, -0.2) is 4.98 Å². The van der Waals surface area contributed by atoms with Crippen molar-refractivity contribution in [1.29, 1.82) is 0 Å². The number of aromatic nitrogens is 1. The molecule has 0 bridgehead atoms. The molecule has 2 aromatic heterocycles. The van der Waals surface area contributed by atoms with Crippen LogP contribution < -0.4 is 0 Å². The summed E-state index contributed by atoms with van der Waals surface area (Å²) in [4.78, 5) is 5.62. The molecule has 0 fully saturated rings. The number of rotatable bonds is 6. The molecule has 0 aliphatic heterocycles. The highest BCUT2D eigenvalue weighted by Gasteiger charge is 2.36. The summed E-state index contributed by atoms with van der Waals surface area (Å²) in [7, 11) is 0. The van der Waals surface area contributed by atoms with Crippen molar-refractivity contribution >= 4 is 11.3 Å². The Bertz CT molecular complexity index is 522. The topological polar surface area (TPSA) is 29.3 Å². The fraction of sp³-hybridized carbons (Fsp3) is 0.462. The minimum atomic E-state index is -4.39. The third kappa shape index (κ3) is 3.83. The van der Waals surface area contributed by atoms with Crippen molar-refractivity contribution in [3.8, 4) is 0 Å². The smallest absolute Gasteiger partial charge is 0.434 e. The van der Waals surface area contributed by atoms with Crippen LogP contribution in [0.15, 0.2) is 28.3 Å². The van der Waals surface area contributed by atoms with Crippen LogP contribution in [-0.2, 0) is 19.3 Å². The molecule has 0 saturated carbocycles. The van der Waals surface area contributed by atoms with Crippen LogP contribution in [0, 0.1) is 0 Å². The molecule has 0 amide bonds. The van der Waals surface area contributed by atoms with Crippen molar-refractivity contribution in [1.82, 2.24) is 9.88 Å². The van der Waals surface area contributed by atoms with E-state index in [1.165, 1.54) is 5.51 Å². The number of halogens is 3. The normalized spacial score (nSPS) is 12.2. The minimum Gasteiger partial charge on any atom is -0.468 e. The van der Waals surface area contributed by atoms with E-state index in [0.29, 0.717) is 13.1 Å². The highest BCUT2D eigenvalue weighted by molar-refractivity contribution is 7.09. The van der Waals surface area contributed by atoms with E-state index >= 15 is 0 Å². The van der Waals surface area contributed by atoms with E-state index in [1.54, 1.807) is 12.3 Å². The van der Waals surface area contributed by atoms with Gasteiger partial charge in [-0.3, -0.25) is 4.90 Å². The number of furan rings is 1. The van der Waals surface area contributed by atoms with Crippen LogP contribution in [0.2, 0.25) is 0 Å². The highest BCUT2D eigenvalue weighted by Crippen LogP contribution is 2.33. The molecule has 7 heteroatoms. The number of nitrogens with zero attached hydrogens (tertiary/aromatic N) is 2. The summed E-state index contributed by atoms with van der Waals surface area (Å²) in [6, 6.07) is 3.59. The van der Waals surface area contributed by atoms with E-state index in [2.05, 4.69) is 4.98 Å². The summed E-state index contributed by atoms with van der Waals surface area (Å²) in [5.74, 6) is 0.747. The van der Waals surface area contributed by atoms with E-state index in [-0.39, 0.29) is 11.4 Å². The molecule has 0 aliphatic carbocycles. The molecule has 3 nitrogen and oxygen atoms in total. The molecular weight excluding hydrogens is 289 g/mol. The number of alkyl halides is 3. The average molecular weight is 304 g/mol. The molecule has 2 rings (SSSR count). The fourth-order valence-electron chi connectivity index (χ4n) is 1.97. The third-order valence-electron chi connectivity index (χ3n) is 2.78. The van der Waals surface area contributed by atoms with Crippen LogP contribution >= 0.6 is 11.3 Å². The third-order valence-corrected chi connectivity index (χ3v) is 3.59. The Balaban J connectivity index is 2.10. The molecule has 0 atom stereocenters. The van der Waals surface area contributed by atoms with Gasteiger partial charge in [0.2, 0.25) is 0 Å². The molecule has 110 valence electrons.